The van der Waals surface area contributed by atoms with E-state index in [1.807, 2.05) is 4.90 Å². The van der Waals surface area contributed by atoms with Gasteiger partial charge in [0.05, 0.1) is 5.41 Å². The summed E-state index contributed by atoms with van der Waals surface area (Å²) in [6, 6.07) is 0. The zero-order valence-corrected chi connectivity index (χ0v) is 15.0. The lowest BCUT2D eigenvalue weighted by Crippen LogP contribution is -2.51. The molecule has 3 heterocycles. The highest BCUT2D eigenvalue weighted by Gasteiger charge is 2.50. The van der Waals surface area contributed by atoms with Crippen LogP contribution in [-0.2, 0) is 11.8 Å². The number of rotatable bonds is 3. The number of likely N-dealkylation sites (tertiary alicyclic amines) is 2. The van der Waals surface area contributed by atoms with Crippen LogP contribution >= 0.6 is 0 Å². The lowest BCUT2D eigenvalue weighted by Gasteiger charge is -2.39. The van der Waals surface area contributed by atoms with Crippen molar-refractivity contribution in [2.24, 2.45) is 18.4 Å². The van der Waals surface area contributed by atoms with Gasteiger partial charge in [-0.25, -0.2) is 4.79 Å². The van der Waals surface area contributed by atoms with Gasteiger partial charge in [-0.3, -0.25) is 19.4 Å². The third-order valence-electron chi connectivity index (χ3n) is 5.98. The molecule has 0 bridgehead atoms. The minimum absolute atomic E-state index is 0.0535. The van der Waals surface area contributed by atoms with Gasteiger partial charge in [-0.05, 0) is 38.0 Å². The Balaban J connectivity index is 1.53. The number of piperidine rings is 1. The first-order valence-electron chi connectivity index (χ1n) is 9.28. The van der Waals surface area contributed by atoms with Gasteiger partial charge in [0.1, 0.15) is 5.56 Å². The van der Waals surface area contributed by atoms with Gasteiger partial charge in [-0.2, -0.15) is 0 Å². The van der Waals surface area contributed by atoms with E-state index in [-0.39, 0.29) is 11.5 Å². The van der Waals surface area contributed by atoms with E-state index in [4.69, 9.17) is 0 Å². The summed E-state index contributed by atoms with van der Waals surface area (Å²) in [6.07, 6.45) is 6.08. The Morgan fingerprint density at radius 3 is 2.73 bits per heavy atom. The summed E-state index contributed by atoms with van der Waals surface area (Å²) in [5, 5.41) is 0. The summed E-state index contributed by atoms with van der Waals surface area (Å²) in [5.74, 6) is 0.406. The molecular weight excluding hydrogens is 336 g/mol. The monoisotopic (exact) mass is 360 g/mol. The average Bonchev–Trinajstić information content (AvgIpc) is 3.32. The summed E-state index contributed by atoms with van der Waals surface area (Å²) in [4.78, 5) is 55.1. The largest absolute Gasteiger partial charge is 0.342 e. The highest BCUT2D eigenvalue weighted by molar-refractivity contribution is 5.95. The number of hydrogen-bond donors (Lipinski definition) is 1. The first kappa shape index (κ1) is 17.1. The Labute approximate surface area is 150 Å². The van der Waals surface area contributed by atoms with E-state index in [1.54, 1.807) is 4.90 Å². The molecule has 1 N–H and O–H groups in total. The van der Waals surface area contributed by atoms with E-state index in [9.17, 15) is 19.2 Å². The Morgan fingerprint density at radius 1 is 1.23 bits per heavy atom. The highest BCUT2D eigenvalue weighted by atomic mass is 16.2. The standard InChI is InChI=1S/C18H24N4O4/c1-20-10-13(14(23)19-17(20)26)15(24)22-8-6-18(11-22)5-2-7-21(16(18)25)9-12-3-4-12/h10,12H,2-9,11H2,1H3,(H,19,23,26)/t18-/m1/s1. The van der Waals surface area contributed by atoms with Crippen LogP contribution in [0.5, 0.6) is 0 Å². The number of hydrogen-bond acceptors (Lipinski definition) is 4. The number of aryl methyl sites for hydroxylation is 1. The minimum Gasteiger partial charge on any atom is -0.342 e. The van der Waals surface area contributed by atoms with Gasteiger partial charge in [-0.15, -0.1) is 0 Å². The average molecular weight is 360 g/mol. The van der Waals surface area contributed by atoms with Crippen LogP contribution < -0.4 is 11.2 Å². The van der Waals surface area contributed by atoms with Crippen LogP contribution in [0.2, 0.25) is 0 Å². The number of carbonyl (C=O) groups excluding carboxylic acids is 2. The number of amides is 2. The summed E-state index contributed by atoms with van der Waals surface area (Å²) in [5.41, 5.74) is -1.79. The van der Waals surface area contributed by atoms with Crippen molar-refractivity contribution in [3.05, 3.63) is 32.6 Å². The van der Waals surface area contributed by atoms with Gasteiger partial charge in [0, 0.05) is 39.4 Å². The van der Waals surface area contributed by atoms with Gasteiger partial charge >= 0.3 is 5.69 Å². The molecule has 2 amide bonds. The molecule has 1 aliphatic carbocycles. The number of carbonyl (C=O) groups is 2. The first-order chi connectivity index (χ1) is 12.4. The number of aromatic amines is 1. The molecule has 1 aromatic rings. The van der Waals surface area contributed by atoms with E-state index in [0.29, 0.717) is 25.4 Å². The molecule has 2 saturated heterocycles. The molecule has 8 nitrogen and oxygen atoms in total. The van der Waals surface area contributed by atoms with Crippen LogP contribution in [0.3, 0.4) is 0 Å². The van der Waals surface area contributed by atoms with Crippen LogP contribution in [0, 0.1) is 11.3 Å². The molecule has 8 heteroatoms. The predicted octanol–water partition coefficient (Wildman–Crippen LogP) is -0.0617. The van der Waals surface area contributed by atoms with Crippen molar-refractivity contribution >= 4 is 11.8 Å². The second kappa shape index (κ2) is 6.10. The fraction of sp³-hybridized carbons (Fsp3) is 0.667. The maximum absolute atomic E-state index is 13.1. The van der Waals surface area contributed by atoms with Gasteiger partial charge in [-0.1, -0.05) is 0 Å². The van der Waals surface area contributed by atoms with E-state index in [1.165, 1.54) is 30.7 Å². The predicted molar refractivity (Wildman–Crippen MR) is 93.8 cm³/mol. The maximum atomic E-state index is 13.1. The summed E-state index contributed by atoms with van der Waals surface area (Å²) >= 11 is 0. The molecule has 4 rings (SSSR count). The second-order valence-corrected chi connectivity index (χ2v) is 7.97. The Morgan fingerprint density at radius 2 is 2.00 bits per heavy atom. The number of nitrogens with one attached hydrogen (secondary N) is 1. The second-order valence-electron chi connectivity index (χ2n) is 7.97. The lowest BCUT2D eigenvalue weighted by molar-refractivity contribution is -0.145. The van der Waals surface area contributed by atoms with Gasteiger partial charge in [0.25, 0.3) is 11.5 Å². The Kier molecular flexibility index (Phi) is 4.00. The zero-order chi connectivity index (χ0) is 18.5. The zero-order valence-electron chi connectivity index (χ0n) is 15.0. The molecule has 1 aromatic heterocycles. The summed E-state index contributed by atoms with van der Waals surface area (Å²) in [6.45, 7) is 2.47. The van der Waals surface area contributed by atoms with Gasteiger partial charge < -0.3 is 14.4 Å². The van der Waals surface area contributed by atoms with Crippen molar-refractivity contribution in [1.82, 2.24) is 19.4 Å². The third-order valence-corrected chi connectivity index (χ3v) is 5.98. The first-order valence-corrected chi connectivity index (χ1v) is 9.28. The molecule has 140 valence electrons. The molecule has 1 spiro atoms. The van der Waals surface area contributed by atoms with Crippen molar-refractivity contribution in [3.8, 4) is 0 Å². The molecule has 0 aromatic carbocycles. The van der Waals surface area contributed by atoms with Crippen LogP contribution in [-0.4, -0.2) is 57.3 Å². The molecule has 1 saturated carbocycles. The molecule has 0 unspecified atom stereocenters. The SMILES string of the molecule is Cn1cc(C(=O)N2CC[C@]3(CCCN(CC4CC4)C3=O)C2)c(=O)[nH]c1=O. The summed E-state index contributed by atoms with van der Waals surface area (Å²) in [7, 11) is 1.49. The van der Waals surface area contributed by atoms with Crippen LogP contribution in [0.1, 0.15) is 42.5 Å². The lowest BCUT2D eigenvalue weighted by atomic mass is 9.78. The minimum atomic E-state index is -0.676. The smallest absolute Gasteiger partial charge is 0.328 e. The van der Waals surface area contributed by atoms with Crippen molar-refractivity contribution in [2.75, 3.05) is 26.2 Å². The molecule has 1 atom stereocenters. The number of aromatic nitrogens is 2. The molecule has 26 heavy (non-hydrogen) atoms. The van der Waals surface area contributed by atoms with Crippen molar-refractivity contribution in [2.45, 2.75) is 32.1 Å². The molecular formula is C18H24N4O4. The third kappa shape index (κ3) is 2.87. The van der Waals surface area contributed by atoms with Crippen molar-refractivity contribution in [1.29, 1.82) is 0 Å². The van der Waals surface area contributed by atoms with E-state index in [2.05, 4.69) is 4.98 Å². The molecule has 2 aliphatic heterocycles. The Bertz CT molecular complexity index is 869. The Hall–Kier alpha value is -2.38. The fourth-order valence-corrected chi connectivity index (χ4v) is 4.25. The molecule has 3 aliphatic rings. The van der Waals surface area contributed by atoms with Crippen LogP contribution in [0.25, 0.3) is 0 Å². The maximum Gasteiger partial charge on any atom is 0.328 e. The van der Waals surface area contributed by atoms with E-state index in [0.717, 1.165) is 25.9 Å². The fourth-order valence-electron chi connectivity index (χ4n) is 4.25. The normalized spacial score (nSPS) is 26.0. The quantitative estimate of drug-likeness (QED) is 0.817. The molecule has 3 fully saturated rings. The summed E-state index contributed by atoms with van der Waals surface area (Å²) < 4.78 is 1.18. The van der Waals surface area contributed by atoms with Gasteiger partial charge in [0.15, 0.2) is 0 Å². The highest BCUT2D eigenvalue weighted by Crippen LogP contribution is 2.41. The van der Waals surface area contributed by atoms with Crippen molar-refractivity contribution < 1.29 is 9.59 Å². The number of H-pyrrole nitrogens is 1. The van der Waals surface area contributed by atoms with Gasteiger partial charge in [0.2, 0.25) is 5.91 Å². The molecule has 0 radical (unpaired) electrons. The topological polar surface area (TPSA) is 95.5 Å². The van der Waals surface area contributed by atoms with Crippen LogP contribution in [0.4, 0.5) is 0 Å². The van der Waals surface area contributed by atoms with E-state index < -0.39 is 22.6 Å². The number of nitrogens with zero attached hydrogens (tertiary/aromatic N) is 3. The van der Waals surface area contributed by atoms with Crippen LogP contribution in [0.15, 0.2) is 15.8 Å². The van der Waals surface area contributed by atoms with E-state index >= 15 is 0 Å². The van der Waals surface area contributed by atoms with Crippen molar-refractivity contribution in [3.63, 3.8) is 0 Å².